The molecule has 7 heteroatoms. The molecule has 2 atom stereocenters. The van der Waals surface area contributed by atoms with Crippen LogP contribution in [-0.2, 0) is 14.9 Å². The van der Waals surface area contributed by atoms with E-state index in [9.17, 15) is 4.79 Å². The third-order valence-electron chi connectivity index (χ3n) is 5.57. The number of amides is 1. The highest BCUT2D eigenvalue weighted by Crippen LogP contribution is 2.51. The van der Waals surface area contributed by atoms with Crippen molar-refractivity contribution in [3.8, 4) is 0 Å². The Labute approximate surface area is 131 Å². The zero-order valence-corrected chi connectivity index (χ0v) is 14.4. The molecule has 1 N–H and O–H groups in total. The minimum atomic E-state index is -0.798. The van der Waals surface area contributed by atoms with E-state index in [4.69, 9.17) is 4.74 Å². The van der Waals surface area contributed by atoms with Gasteiger partial charge in [0.1, 0.15) is 5.41 Å². The van der Waals surface area contributed by atoms with Gasteiger partial charge in [-0.2, -0.15) is 5.21 Å². The van der Waals surface area contributed by atoms with Gasteiger partial charge in [0, 0.05) is 25.6 Å². The summed E-state index contributed by atoms with van der Waals surface area (Å²) in [7, 11) is 3.63. The van der Waals surface area contributed by atoms with Crippen molar-refractivity contribution >= 4 is 5.91 Å². The maximum atomic E-state index is 13.0. The zero-order valence-electron chi connectivity index (χ0n) is 14.4. The first-order valence-electron chi connectivity index (χ1n) is 7.89. The summed E-state index contributed by atoms with van der Waals surface area (Å²) < 4.78 is 5.62. The fourth-order valence-corrected chi connectivity index (χ4v) is 3.88. The molecule has 0 aliphatic heterocycles. The molecular formula is C15H27N5O2. The molecule has 1 aromatic heterocycles. The minimum absolute atomic E-state index is 0.0136. The quantitative estimate of drug-likeness (QED) is 0.861. The second kappa shape index (κ2) is 5.95. The van der Waals surface area contributed by atoms with E-state index in [2.05, 4.69) is 34.5 Å². The van der Waals surface area contributed by atoms with Gasteiger partial charge < -0.3 is 9.64 Å². The van der Waals surface area contributed by atoms with Crippen LogP contribution in [0.25, 0.3) is 0 Å². The maximum Gasteiger partial charge on any atom is 0.236 e. The molecule has 7 nitrogen and oxygen atoms in total. The number of H-pyrrole nitrogens is 1. The van der Waals surface area contributed by atoms with Crippen LogP contribution in [0, 0.1) is 5.41 Å². The smallest absolute Gasteiger partial charge is 0.236 e. The maximum absolute atomic E-state index is 13.0. The number of aromatic amines is 1. The molecular weight excluding hydrogens is 282 g/mol. The van der Waals surface area contributed by atoms with Crippen molar-refractivity contribution in [3.63, 3.8) is 0 Å². The van der Waals surface area contributed by atoms with E-state index in [-0.39, 0.29) is 23.5 Å². The normalized spacial score (nSPS) is 23.9. The number of carbonyl (C=O) groups excluding carboxylic acids is 1. The largest absolute Gasteiger partial charge is 0.381 e. The highest BCUT2D eigenvalue weighted by atomic mass is 16.5. The average molecular weight is 309 g/mol. The topological polar surface area (TPSA) is 84.0 Å². The van der Waals surface area contributed by atoms with Gasteiger partial charge in [-0.3, -0.25) is 4.79 Å². The number of hydrogen-bond acceptors (Lipinski definition) is 5. The van der Waals surface area contributed by atoms with Crippen molar-refractivity contribution in [2.75, 3.05) is 14.2 Å². The lowest BCUT2D eigenvalue weighted by atomic mass is 9.58. The number of aromatic nitrogens is 4. The molecule has 1 aromatic rings. The van der Waals surface area contributed by atoms with Crippen LogP contribution in [0.5, 0.6) is 0 Å². The summed E-state index contributed by atoms with van der Waals surface area (Å²) in [6, 6.07) is 0.186. The Morgan fingerprint density at radius 2 is 2.09 bits per heavy atom. The first-order valence-corrected chi connectivity index (χ1v) is 7.89. The van der Waals surface area contributed by atoms with Gasteiger partial charge in [0.25, 0.3) is 0 Å². The highest BCUT2D eigenvalue weighted by molar-refractivity contribution is 5.86. The van der Waals surface area contributed by atoms with Crippen molar-refractivity contribution < 1.29 is 9.53 Å². The Hall–Kier alpha value is -1.50. The van der Waals surface area contributed by atoms with Crippen molar-refractivity contribution in [2.24, 2.45) is 5.41 Å². The number of nitrogens with zero attached hydrogens (tertiary/aromatic N) is 4. The molecule has 0 radical (unpaired) electrons. The van der Waals surface area contributed by atoms with E-state index in [1.54, 1.807) is 7.11 Å². The monoisotopic (exact) mass is 309 g/mol. The summed E-state index contributed by atoms with van der Waals surface area (Å²) >= 11 is 0. The molecule has 2 unspecified atom stereocenters. The van der Waals surface area contributed by atoms with Crippen LogP contribution in [0.15, 0.2) is 0 Å². The fraction of sp³-hybridized carbons (Fsp3) is 0.867. The summed E-state index contributed by atoms with van der Waals surface area (Å²) in [6.07, 6.45) is 3.08. The number of carbonyl (C=O) groups is 1. The van der Waals surface area contributed by atoms with E-state index >= 15 is 0 Å². The van der Waals surface area contributed by atoms with Crippen LogP contribution >= 0.6 is 0 Å². The van der Waals surface area contributed by atoms with Crippen molar-refractivity contribution in [1.29, 1.82) is 0 Å². The van der Waals surface area contributed by atoms with Gasteiger partial charge in [-0.1, -0.05) is 19.1 Å². The molecule has 2 rings (SSSR count). The number of rotatable bonds is 6. The third-order valence-corrected chi connectivity index (χ3v) is 5.57. The van der Waals surface area contributed by atoms with E-state index in [1.807, 2.05) is 25.8 Å². The molecule has 1 saturated carbocycles. The zero-order chi connectivity index (χ0) is 16.5. The van der Waals surface area contributed by atoms with Crippen LogP contribution in [0.1, 0.15) is 52.8 Å². The molecule has 22 heavy (non-hydrogen) atoms. The number of tetrazole rings is 1. The Bertz CT molecular complexity index is 510. The van der Waals surface area contributed by atoms with Gasteiger partial charge >= 0.3 is 0 Å². The first-order chi connectivity index (χ1) is 10.3. The van der Waals surface area contributed by atoms with E-state index in [0.29, 0.717) is 5.82 Å². The molecule has 1 amide bonds. The van der Waals surface area contributed by atoms with E-state index in [0.717, 1.165) is 19.3 Å². The predicted molar refractivity (Wildman–Crippen MR) is 82.2 cm³/mol. The summed E-state index contributed by atoms with van der Waals surface area (Å²) in [5, 5.41) is 14.0. The molecule has 0 bridgehead atoms. The van der Waals surface area contributed by atoms with Crippen molar-refractivity contribution in [1.82, 2.24) is 25.5 Å². The standard InChI is InChI=1S/C15H27N5O2/c1-7-15(8-2)10(9-11(15)22-6)20(5)13(21)14(3,4)12-16-18-19-17-12/h10-11H,7-9H2,1-6H3,(H,16,17,18,19). The van der Waals surface area contributed by atoms with Crippen LogP contribution in [0.3, 0.4) is 0 Å². The number of methoxy groups -OCH3 is 1. The molecule has 124 valence electrons. The van der Waals surface area contributed by atoms with Gasteiger partial charge in [-0.15, -0.1) is 10.2 Å². The predicted octanol–water partition coefficient (Wildman–Crippen LogP) is 1.53. The average Bonchev–Trinajstić information content (AvgIpc) is 3.02. The van der Waals surface area contributed by atoms with Gasteiger partial charge in [0.2, 0.25) is 5.91 Å². The lowest BCUT2D eigenvalue weighted by Gasteiger charge is -2.58. The fourth-order valence-electron chi connectivity index (χ4n) is 3.88. The number of nitrogens with one attached hydrogen (secondary N) is 1. The van der Waals surface area contributed by atoms with Crippen LogP contribution in [-0.4, -0.2) is 57.7 Å². The third kappa shape index (κ3) is 2.31. The summed E-state index contributed by atoms with van der Waals surface area (Å²) in [4.78, 5) is 14.8. The van der Waals surface area contributed by atoms with Crippen LogP contribution in [0.4, 0.5) is 0 Å². The molecule has 1 fully saturated rings. The molecule has 0 saturated heterocycles. The Balaban J connectivity index is 2.21. The molecule has 1 aliphatic carbocycles. The van der Waals surface area contributed by atoms with Crippen LogP contribution < -0.4 is 0 Å². The lowest BCUT2D eigenvalue weighted by molar-refractivity contribution is -0.173. The van der Waals surface area contributed by atoms with Gasteiger partial charge in [-0.05, 0) is 33.1 Å². The summed E-state index contributed by atoms with van der Waals surface area (Å²) in [6.45, 7) is 8.01. The van der Waals surface area contributed by atoms with Gasteiger partial charge in [0.15, 0.2) is 5.82 Å². The molecule has 0 aromatic carbocycles. The number of hydrogen-bond donors (Lipinski definition) is 1. The van der Waals surface area contributed by atoms with Gasteiger partial charge in [-0.25, -0.2) is 0 Å². The lowest BCUT2D eigenvalue weighted by Crippen LogP contribution is -2.65. The molecule has 1 aliphatic rings. The highest BCUT2D eigenvalue weighted by Gasteiger charge is 2.56. The second-order valence-electron chi connectivity index (χ2n) is 6.69. The summed E-state index contributed by atoms with van der Waals surface area (Å²) in [5.74, 6) is 0.435. The molecule has 1 heterocycles. The van der Waals surface area contributed by atoms with Crippen LogP contribution in [0.2, 0.25) is 0 Å². The Morgan fingerprint density at radius 3 is 2.55 bits per heavy atom. The van der Waals surface area contributed by atoms with E-state index < -0.39 is 5.41 Å². The first kappa shape index (κ1) is 16.9. The molecule has 0 spiro atoms. The Kier molecular flexibility index (Phi) is 4.56. The van der Waals surface area contributed by atoms with Crippen molar-refractivity contribution in [2.45, 2.75) is 64.5 Å². The Morgan fingerprint density at radius 1 is 1.45 bits per heavy atom. The number of ether oxygens (including phenoxy) is 1. The number of likely N-dealkylation sites (N-methyl/N-ethyl adjacent to an activating group) is 1. The van der Waals surface area contributed by atoms with E-state index in [1.165, 1.54) is 0 Å². The van der Waals surface area contributed by atoms with Gasteiger partial charge in [0.05, 0.1) is 6.10 Å². The summed E-state index contributed by atoms with van der Waals surface area (Å²) in [5.41, 5.74) is -0.764. The van der Waals surface area contributed by atoms with Crippen molar-refractivity contribution in [3.05, 3.63) is 5.82 Å². The minimum Gasteiger partial charge on any atom is -0.381 e. The second-order valence-corrected chi connectivity index (χ2v) is 6.69. The SMILES string of the molecule is CCC1(CC)C(OC)CC1N(C)C(=O)C(C)(C)c1nn[nH]n1.